The summed E-state index contributed by atoms with van der Waals surface area (Å²) in [7, 11) is 0. The zero-order valence-electron chi connectivity index (χ0n) is 19.6. The number of ether oxygens (including phenoxy) is 1. The van der Waals surface area contributed by atoms with Crippen LogP contribution >= 0.6 is 0 Å². The van der Waals surface area contributed by atoms with Crippen LogP contribution in [0.4, 0.5) is 10.6 Å². The molecule has 7 heteroatoms. The molecule has 33 heavy (non-hydrogen) atoms. The normalized spacial score (nSPS) is 20.9. The van der Waals surface area contributed by atoms with Gasteiger partial charge in [0.05, 0.1) is 0 Å². The minimum absolute atomic E-state index is 0.0155. The molecule has 1 aromatic carbocycles. The Hall–Kier alpha value is -3.09. The van der Waals surface area contributed by atoms with Crippen LogP contribution in [0.2, 0.25) is 0 Å². The maximum atomic E-state index is 13.2. The average Bonchev–Trinajstić information content (AvgIpc) is 3.53. The van der Waals surface area contributed by atoms with Gasteiger partial charge in [-0.2, -0.15) is 0 Å². The number of benzene rings is 1. The van der Waals surface area contributed by atoms with Gasteiger partial charge in [-0.05, 0) is 57.7 Å². The van der Waals surface area contributed by atoms with Gasteiger partial charge in [-0.1, -0.05) is 42.8 Å². The summed E-state index contributed by atoms with van der Waals surface area (Å²) in [6.07, 6.45) is 3.79. The third kappa shape index (κ3) is 5.64. The predicted octanol–water partition coefficient (Wildman–Crippen LogP) is 5.16. The zero-order chi connectivity index (χ0) is 23.6. The molecule has 1 heterocycles. The van der Waals surface area contributed by atoms with Gasteiger partial charge >= 0.3 is 12.1 Å². The summed E-state index contributed by atoms with van der Waals surface area (Å²) >= 11 is 0. The number of nitrogens with one attached hydrogen (secondary N) is 1. The fourth-order valence-corrected chi connectivity index (χ4v) is 4.58. The Morgan fingerprint density at radius 1 is 1.15 bits per heavy atom. The smallest absolute Gasteiger partial charge is 0.410 e. The van der Waals surface area contributed by atoms with Gasteiger partial charge in [0.25, 0.3) is 0 Å². The number of aromatic carboxylic acids is 1. The van der Waals surface area contributed by atoms with Crippen LogP contribution in [-0.2, 0) is 4.74 Å². The molecular formula is C26H33N3O4. The molecule has 2 N–H and O–H groups in total. The van der Waals surface area contributed by atoms with E-state index in [9.17, 15) is 14.7 Å². The molecule has 2 aliphatic rings. The van der Waals surface area contributed by atoms with Crippen molar-refractivity contribution in [2.45, 2.75) is 64.0 Å². The summed E-state index contributed by atoms with van der Waals surface area (Å²) < 4.78 is 5.79. The van der Waals surface area contributed by atoms with Crippen molar-refractivity contribution in [3.05, 3.63) is 59.8 Å². The molecule has 1 unspecified atom stereocenters. The summed E-state index contributed by atoms with van der Waals surface area (Å²) in [6, 6.07) is 15.4. The monoisotopic (exact) mass is 451 g/mol. The van der Waals surface area contributed by atoms with Crippen LogP contribution in [-0.4, -0.2) is 51.8 Å². The number of hydrogen-bond acceptors (Lipinski definition) is 5. The quantitative estimate of drug-likeness (QED) is 0.576. The Bertz CT molecular complexity index is 998. The first-order valence-corrected chi connectivity index (χ1v) is 11.6. The lowest BCUT2D eigenvalue weighted by Crippen LogP contribution is -2.50. The van der Waals surface area contributed by atoms with Gasteiger partial charge in [0, 0.05) is 30.5 Å². The standard InChI is InChI=1S/C26H33N3O4/c1-25(2,3)33-24(32)29(21-15-19(21)18-9-5-4-6-10-18)17-26(13-8-14-26)16-27-22-12-7-11-20(28-22)23(30)31/h4-7,9-12,19,21H,8,13-17H2,1-3H3,(H,27,28)(H,30,31)/t19?,21-/m0/s1. The summed E-state index contributed by atoms with van der Waals surface area (Å²) in [4.78, 5) is 30.6. The molecule has 0 saturated heterocycles. The second-order valence-corrected chi connectivity index (χ2v) is 10.3. The highest BCUT2D eigenvalue weighted by atomic mass is 16.6. The maximum absolute atomic E-state index is 13.2. The van der Waals surface area contributed by atoms with Crippen molar-refractivity contribution < 1.29 is 19.4 Å². The van der Waals surface area contributed by atoms with Gasteiger partial charge in [0.2, 0.25) is 0 Å². The Morgan fingerprint density at radius 3 is 2.48 bits per heavy atom. The summed E-state index contributed by atoms with van der Waals surface area (Å²) in [5, 5.41) is 12.5. The molecule has 4 rings (SSSR count). The largest absolute Gasteiger partial charge is 0.477 e. The van der Waals surface area contributed by atoms with Crippen molar-refractivity contribution in [2.24, 2.45) is 5.41 Å². The first-order valence-electron chi connectivity index (χ1n) is 11.6. The Morgan fingerprint density at radius 2 is 1.88 bits per heavy atom. The van der Waals surface area contributed by atoms with E-state index in [1.165, 1.54) is 11.6 Å². The lowest BCUT2D eigenvalue weighted by atomic mass is 9.68. The highest BCUT2D eigenvalue weighted by Crippen LogP contribution is 2.49. The molecule has 0 aliphatic heterocycles. The van der Waals surface area contributed by atoms with Crippen molar-refractivity contribution in [2.75, 3.05) is 18.4 Å². The van der Waals surface area contributed by atoms with E-state index in [0.29, 0.717) is 24.8 Å². The number of anilines is 1. The molecule has 2 fully saturated rings. The highest BCUT2D eigenvalue weighted by Gasteiger charge is 2.50. The van der Waals surface area contributed by atoms with E-state index in [1.807, 2.05) is 43.9 Å². The molecule has 2 aromatic rings. The van der Waals surface area contributed by atoms with Crippen molar-refractivity contribution in [3.63, 3.8) is 0 Å². The lowest BCUT2D eigenvalue weighted by Gasteiger charge is -2.45. The molecule has 0 radical (unpaired) electrons. The Labute approximate surface area is 195 Å². The van der Waals surface area contributed by atoms with E-state index in [4.69, 9.17) is 4.74 Å². The number of carboxylic acid groups (broad SMARTS) is 1. The molecule has 7 nitrogen and oxygen atoms in total. The average molecular weight is 452 g/mol. The van der Waals surface area contributed by atoms with Crippen LogP contribution < -0.4 is 5.32 Å². The molecule has 2 aliphatic carbocycles. The van der Waals surface area contributed by atoms with Crippen LogP contribution in [0.3, 0.4) is 0 Å². The van der Waals surface area contributed by atoms with Gasteiger partial charge in [-0.3, -0.25) is 0 Å². The second-order valence-electron chi connectivity index (χ2n) is 10.3. The molecule has 2 atom stereocenters. The van der Waals surface area contributed by atoms with E-state index in [1.54, 1.807) is 12.1 Å². The SMILES string of the molecule is CC(C)(C)OC(=O)N(CC1(CNc2cccc(C(=O)O)n2)CCC1)[C@H]1CC1c1ccccc1. The fourth-order valence-electron chi connectivity index (χ4n) is 4.58. The van der Waals surface area contributed by atoms with Gasteiger partial charge in [0.15, 0.2) is 5.69 Å². The van der Waals surface area contributed by atoms with E-state index >= 15 is 0 Å². The third-order valence-electron chi connectivity index (χ3n) is 6.55. The number of carboxylic acids is 1. The van der Waals surface area contributed by atoms with Gasteiger partial charge in [-0.25, -0.2) is 14.6 Å². The fraction of sp³-hybridized carbons (Fsp3) is 0.500. The van der Waals surface area contributed by atoms with Gasteiger partial charge in [-0.15, -0.1) is 0 Å². The molecule has 1 aromatic heterocycles. The van der Waals surface area contributed by atoms with Crippen LogP contribution in [0, 0.1) is 5.41 Å². The number of pyridine rings is 1. The van der Waals surface area contributed by atoms with E-state index in [-0.39, 0.29) is 23.2 Å². The number of carbonyl (C=O) groups excluding carboxylic acids is 1. The van der Waals surface area contributed by atoms with Crippen molar-refractivity contribution in [3.8, 4) is 0 Å². The molecule has 2 saturated carbocycles. The molecular weight excluding hydrogens is 418 g/mol. The molecule has 1 amide bonds. The van der Waals surface area contributed by atoms with Crippen LogP contribution in [0.25, 0.3) is 0 Å². The Balaban J connectivity index is 1.48. The number of amides is 1. The van der Waals surface area contributed by atoms with E-state index in [2.05, 4.69) is 22.4 Å². The summed E-state index contributed by atoms with van der Waals surface area (Å²) in [6.45, 7) is 6.93. The van der Waals surface area contributed by atoms with Crippen molar-refractivity contribution in [1.29, 1.82) is 0 Å². The van der Waals surface area contributed by atoms with Crippen LogP contribution in [0.5, 0.6) is 0 Å². The number of carbonyl (C=O) groups is 2. The van der Waals surface area contributed by atoms with Crippen LogP contribution in [0.15, 0.2) is 48.5 Å². The van der Waals surface area contributed by atoms with Crippen LogP contribution in [0.1, 0.15) is 68.4 Å². The molecule has 0 spiro atoms. The number of hydrogen-bond donors (Lipinski definition) is 2. The highest BCUT2D eigenvalue weighted by molar-refractivity contribution is 5.85. The summed E-state index contributed by atoms with van der Waals surface area (Å²) in [5.41, 5.74) is 0.633. The van der Waals surface area contributed by atoms with Gasteiger partial charge < -0.3 is 20.1 Å². The van der Waals surface area contributed by atoms with E-state index in [0.717, 1.165) is 25.7 Å². The topological polar surface area (TPSA) is 91.8 Å². The first kappa shape index (κ1) is 23.1. The molecule has 0 bridgehead atoms. The van der Waals surface area contributed by atoms with Crippen molar-refractivity contribution in [1.82, 2.24) is 9.88 Å². The van der Waals surface area contributed by atoms with Crippen molar-refractivity contribution >= 4 is 17.9 Å². The molecule has 176 valence electrons. The maximum Gasteiger partial charge on any atom is 0.410 e. The summed E-state index contributed by atoms with van der Waals surface area (Å²) in [5.74, 6) is -0.176. The lowest BCUT2D eigenvalue weighted by molar-refractivity contribution is 0.00380. The second kappa shape index (κ2) is 9.04. The number of nitrogens with zero attached hydrogens (tertiary/aromatic N) is 2. The van der Waals surface area contributed by atoms with Gasteiger partial charge in [0.1, 0.15) is 11.4 Å². The zero-order valence-corrected chi connectivity index (χ0v) is 19.6. The number of aromatic nitrogens is 1. The Kier molecular flexibility index (Phi) is 6.32. The van der Waals surface area contributed by atoms with E-state index < -0.39 is 11.6 Å². The minimum Gasteiger partial charge on any atom is -0.477 e. The third-order valence-corrected chi connectivity index (χ3v) is 6.55. The predicted molar refractivity (Wildman–Crippen MR) is 126 cm³/mol. The first-order chi connectivity index (χ1) is 15.7. The minimum atomic E-state index is -1.05. The number of rotatable bonds is 8.